The van der Waals surface area contributed by atoms with Crippen molar-refractivity contribution in [2.24, 2.45) is 5.10 Å². The minimum Gasteiger partial charge on any atom is -0.497 e. The first-order valence-corrected chi connectivity index (χ1v) is 11.9. The summed E-state index contributed by atoms with van der Waals surface area (Å²) in [5.41, 5.74) is 4.28. The molecule has 1 amide bonds. The summed E-state index contributed by atoms with van der Waals surface area (Å²) in [5.74, 6) is 0.324. The van der Waals surface area contributed by atoms with Crippen LogP contribution in [0.1, 0.15) is 35.7 Å². The van der Waals surface area contributed by atoms with Crippen molar-refractivity contribution in [1.82, 2.24) is 9.73 Å². The van der Waals surface area contributed by atoms with E-state index in [9.17, 15) is 13.2 Å². The number of hydrogen-bond donors (Lipinski definition) is 1. The van der Waals surface area contributed by atoms with E-state index in [0.717, 1.165) is 34.9 Å². The molecule has 0 atom stereocenters. The van der Waals surface area contributed by atoms with Crippen LogP contribution in [0.4, 0.5) is 0 Å². The number of nitrogens with one attached hydrogen (secondary N) is 1. The van der Waals surface area contributed by atoms with E-state index in [2.05, 4.69) is 10.5 Å². The Kier molecular flexibility index (Phi) is 6.25. The van der Waals surface area contributed by atoms with Crippen LogP contribution >= 0.6 is 0 Å². The van der Waals surface area contributed by atoms with Gasteiger partial charge in [-0.05, 0) is 72.5 Å². The highest BCUT2D eigenvalue weighted by atomic mass is 32.2. The molecule has 0 spiro atoms. The van der Waals surface area contributed by atoms with Gasteiger partial charge >= 0.3 is 0 Å². The first-order chi connectivity index (χ1) is 15.4. The third-order valence-electron chi connectivity index (χ3n) is 5.59. The summed E-state index contributed by atoms with van der Waals surface area (Å²) in [6, 6.07) is 17.8. The quantitative estimate of drug-likeness (QED) is 0.456. The summed E-state index contributed by atoms with van der Waals surface area (Å²) in [6.07, 6.45) is 1.71. The van der Waals surface area contributed by atoms with Crippen molar-refractivity contribution >= 4 is 32.4 Å². The lowest BCUT2D eigenvalue weighted by molar-refractivity contribution is 0.0954. The van der Waals surface area contributed by atoms with Gasteiger partial charge in [-0.2, -0.15) is 9.41 Å². The zero-order chi connectivity index (χ0) is 22.7. The standard InChI is InChI=1S/C24H25N3O4S/c1-17(18-8-9-20-15-22(31-2)11-10-19(20)14-18)25-26-24(28)21-6-5-7-23(16-21)32(29,30)27-12-3-4-13-27/h5-11,14-16H,3-4,12-13H2,1-2H3,(H,26,28)/b25-17-. The van der Waals surface area contributed by atoms with Crippen molar-refractivity contribution in [2.45, 2.75) is 24.7 Å². The summed E-state index contributed by atoms with van der Waals surface area (Å²) in [4.78, 5) is 12.7. The summed E-state index contributed by atoms with van der Waals surface area (Å²) in [5, 5.41) is 6.29. The van der Waals surface area contributed by atoms with Crippen molar-refractivity contribution in [3.8, 4) is 5.75 Å². The van der Waals surface area contributed by atoms with Crippen LogP contribution in [-0.2, 0) is 10.0 Å². The molecule has 0 radical (unpaired) electrons. The summed E-state index contributed by atoms with van der Waals surface area (Å²) >= 11 is 0. The number of hydrogen-bond acceptors (Lipinski definition) is 5. The second-order valence-electron chi connectivity index (χ2n) is 7.71. The predicted octanol–water partition coefficient (Wildman–Crippen LogP) is 3.79. The number of carbonyl (C=O) groups excluding carboxylic acids is 1. The van der Waals surface area contributed by atoms with Crippen LogP contribution in [0.5, 0.6) is 5.75 Å². The molecule has 8 heteroatoms. The summed E-state index contributed by atoms with van der Waals surface area (Å²) in [6.45, 7) is 2.83. The molecule has 0 saturated carbocycles. The van der Waals surface area contributed by atoms with Crippen LogP contribution in [0.2, 0.25) is 0 Å². The normalized spacial score (nSPS) is 15.1. The molecule has 3 aromatic carbocycles. The Bertz CT molecular complexity index is 1300. The zero-order valence-corrected chi connectivity index (χ0v) is 18.9. The van der Waals surface area contributed by atoms with E-state index in [-0.39, 0.29) is 10.5 Å². The van der Waals surface area contributed by atoms with E-state index in [0.29, 0.717) is 18.8 Å². The van der Waals surface area contributed by atoms with Crippen molar-refractivity contribution in [3.05, 3.63) is 71.8 Å². The molecule has 1 heterocycles. The highest BCUT2D eigenvalue weighted by molar-refractivity contribution is 7.89. The Labute approximate surface area is 187 Å². The van der Waals surface area contributed by atoms with Crippen LogP contribution in [-0.4, -0.2) is 44.5 Å². The smallest absolute Gasteiger partial charge is 0.271 e. The number of fused-ring (bicyclic) bond motifs is 1. The van der Waals surface area contributed by atoms with Crippen molar-refractivity contribution in [3.63, 3.8) is 0 Å². The van der Waals surface area contributed by atoms with Gasteiger partial charge in [0.05, 0.1) is 17.7 Å². The van der Waals surface area contributed by atoms with Gasteiger partial charge in [-0.3, -0.25) is 4.79 Å². The topological polar surface area (TPSA) is 88.1 Å². The average molecular weight is 452 g/mol. The largest absolute Gasteiger partial charge is 0.497 e. The fraction of sp³-hybridized carbons (Fsp3) is 0.250. The van der Waals surface area contributed by atoms with Crippen LogP contribution in [0.15, 0.2) is 70.7 Å². The van der Waals surface area contributed by atoms with Gasteiger partial charge in [-0.1, -0.05) is 24.3 Å². The molecule has 4 rings (SSSR count). The van der Waals surface area contributed by atoms with E-state index < -0.39 is 15.9 Å². The van der Waals surface area contributed by atoms with Gasteiger partial charge in [0, 0.05) is 18.7 Å². The van der Waals surface area contributed by atoms with Crippen molar-refractivity contribution < 1.29 is 17.9 Å². The van der Waals surface area contributed by atoms with Crippen LogP contribution in [0.3, 0.4) is 0 Å². The Hall–Kier alpha value is -3.23. The Balaban J connectivity index is 1.51. The number of carbonyl (C=O) groups is 1. The van der Waals surface area contributed by atoms with E-state index in [1.54, 1.807) is 26.2 Å². The van der Waals surface area contributed by atoms with Gasteiger partial charge in [0.2, 0.25) is 10.0 Å². The van der Waals surface area contributed by atoms with E-state index in [4.69, 9.17) is 4.74 Å². The highest BCUT2D eigenvalue weighted by Gasteiger charge is 2.27. The molecule has 0 unspecified atom stereocenters. The lowest BCUT2D eigenvalue weighted by atomic mass is 10.0. The second-order valence-corrected chi connectivity index (χ2v) is 9.64. The number of methoxy groups -OCH3 is 1. The van der Waals surface area contributed by atoms with E-state index in [1.165, 1.54) is 16.4 Å². The second kappa shape index (κ2) is 9.10. The Morgan fingerprint density at radius 3 is 2.44 bits per heavy atom. The number of sulfonamides is 1. The lowest BCUT2D eigenvalue weighted by Crippen LogP contribution is -2.28. The minimum absolute atomic E-state index is 0.123. The molecule has 1 aliphatic rings. The number of ether oxygens (including phenoxy) is 1. The van der Waals surface area contributed by atoms with Gasteiger partial charge in [-0.25, -0.2) is 13.8 Å². The van der Waals surface area contributed by atoms with E-state index >= 15 is 0 Å². The average Bonchev–Trinajstić information content (AvgIpc) is 3.37. The lowest BCUT2D eigenvalue weighted by Gasteiger charge is -2.15. The molecule has 3 aromatic rings. The summed E-state index contributed by atoms with van der Waals surface area (Å²) < 4.78 is 32.2. The molecule has 7 nitrogen and oxygen atoms in total. The number of hydrazone groups is 1. The Morgan fingerprint density at radius 1 is 0.969 bits per heavy atom. The molecule has 0 aliphatic carbocycles. The van der Waals surface area contributed by atoms with Gasteiger partial charge in [0.1, 0.15) is 5.75 Å². The Morgan fingerprint density at radius 2 is 1.69 bits per heavy atom. The number of nitrogens with zero attached hydrogens (tertiary/aromatic N) is 2. The van der Waals surface area contributed by atoms with Crippen LogP contribution in [0.25, 0.3) is 10.8 Å². The molecular formula is C24H25N3O4S. The molecular weight excluding hydrogens is 426 g/mol. The van der Waals surface area contributed by atoms with Gasteiger partial charge in [-0.15, -0.1) is 0 Å². The van der Waals surface area contributed by atoms with E-state index in [1.807, 2.05) is 36.4 Å². The third-order valence-corrected chi connectivity index (χ3v) is 7.48. The molecule has 1 fully saturated rings. The highest BCUT2D eigenvalue weighted by Crippen LogP contribution is 2.23. The molecule has 0 bridgehead atoms. The van der Waals surface area contributed by atoms with Crippen LogP contribution < -0.4 is 10.2 Å². The summed E-state index contributed by atoms with van der Waals surface area (Å²) in [7, 11) is -1.95. The first-order valence-electron chi connectivity index (χ1n) is 10.4. The first kappa shape index (κ1) is 22.0. The van der Waals surface area contributed by atoms with Gasteiger partial charge in [0.25, 0.3) is 5.91 Å². The predicted molar refractivity (Wildman–Crippen MR) is 125 cm³/mol. The zero-order valence-electron chi connectivity index (χ0n) is 18.0. The molecule has 1 saturated heterocycles. The maximum absolute atomic E-state index is 12.8. The number of rotatable bonds is 6. The molecule has 1 aliphatic heterocycles. The minimum atomic E-state index is -3.59. The SMILES string of the molecule is COc1ccc2cc(/C(C)=N\NC(=O)c3cccc(S(=O)(=O)N4CCCC4)c3)ccc2c1. The monoisotopic (exact) mass is 451 g/mol. The maximum atomic E-state index is 12.8. The van der Waals surface area contributed by atoms with Gasteiger partial charge in [0.15, 0.2) is 0 Å². The molecule has 32 heavy (non-hydrogen) atoms. The fourth-order valence-corrected chi connectivity index (χ4v) is 5.28. The molecule has 0 aromatic heterocycles. The molecule has 166 valence electrons. The number of amides is 1. The van der Waals surface area contributed by atoms with Crippen molar-refractivity contribution in [1.29, 1.82) is 0 Å². The van der Waals surface area contributed by atoms with Crippen molar-refractivity contribution in [2.75, 3.05) is 20.2 Å². The maximum Gasteiger partial charge on any atom is 0.271 e. The molecule has 1 N–H and O–H groups in total. The fourth-order valence-electron chi connectivity index (χ4n) is 3.71. The van der Waals surface area contributed by atoms with Crippen LogP contribution in [0, 0.1) is 0 Å². The third kappa shape index (κ3) is 4.51. The number of benzene rings is 3. The van der Waals surface area contributed by atoms with Gasteiger partial charge < -0.3 is 4.74 Å².